The van der Waals surface area contributed by atoms with Gasteiger partial charge in [-0.3, -0.25) is 11.3 Å². The molecule has 2 heteroatoms. The van der Waals surface area contributed by atoms with Crippen LogP contribution in [0.5, 0.6) is 0 Å². The minimum Gasteiger partial charge on any atom is -0.271 e. The molecular weight excluding hydrogens is 208 g/mol. The van der Waals surface area contributed by atoms with Gasteiger partial charge in [-0.15, -0.1) is 0 Å². The van der Waals surface area contributed by atoms with Crippen LogP contribution in [-0.2, 0) is 0 Å². The van der Waals surface area contributed by atoms with Crippen molar-refractivity contribution in [1.29, 1.82) is 0 Å². The average molecular weight is 234 g/mol. The summed E-state index contributed by atoms with van der Waals surface area (Å²) in [7, 11) is 0. The van der Waals surface area contributed by atoms with Crippen molar-refractivity contribution in [3.05, 3.63) is 35.4 Å². The molecule has 0 heterocycles. The standard InChI is InChI=1S/C15H26N2/c1-13(9-5-3-4-8-12-17-16)15-11-7-6-10-14(15)2/h6-7,10-11,13,17H,3-5,8-9,12,16H2,1-2H3. The van der Waals surface area contributed by atoms with Crippen LogP contribution in [0.25, 0.3) is 0 Å². The second-order valence-corrected chi connectivity index (χ2v) is 4.91. The molecule has 0 aliphatic heterocycles. The first kappa shape index (κ1) is 14.2. The number of nitrogens with two attached hydrogens (primary N) is 1. The zero-order valence-electron chi connectivity index (χ0n) is 11.2. The van der Waals surface area contributed by atoms with Crippen LogP contribution in [0, 0.1) is 6.92 Å². The highest BCUT2D eigenvalue weighted by molar-refractivity contribution is 5.28. The first-order valence-corrected chi connectivity index (χ1v) is 6.74. The van der Waals surface area contributed by atoms with Gasteiger partial charge < -0.3 is 0 Å². The zero-order valence-corrected chi connectivity index (χ0v) is 11.2. The van der Waals surface area contributed by atoms with Gasteiger partial charge in [0, 0.05) is 6.54 Å². The second kappa shape index (κ2) is 8.26. The molecule has 0 saturated heterocycles. The SMILES string of the molecule is Cc1ccccc1C(C)CCCCCCNN. The molecule has 0 radical (unpaired) electrons. The largest absolute Gasteiger partial charge is 0.271 e. The number of unbranched alkanes of at least 4 members (excludes halogenated alkanes) is 3. The number of hydrazine groups is 1. The molecule has 1 aromatic rings. The van der Waals surface area contributed by atoms with E-state index in [0.717, 1.165) is 6.54 Å². The quantitative estimate of drug-likeness (QED) is 0.410. The third-order valence-electron chi connectivity index (χ3n) is 3.43. The summed E-state index contributed by atoms with van der Waals surface area (Å²) in [4.78, 5) is 0. The molecule has 0 spiro atoms. The molecule has 0 saturated carbocycles. The predicted octanol–water partition coefficient (Wildman–Crippen LogP) is 3.51. The zero-order chi connectivity index (χ0) is 12.5. The third-order valence-corrected chi connectivity index (χ3v) is 3.43. The Morgan fingerprint density at radius 2 is 1.82 bits per heavy atom. The number of nitrogens with one attached hydrogen (secondary N) is 1. The van der Waals surface area contributed by atoms with Crippen molar-refractivity contribution in [1.82, 2.24) is 5.43 Å². The van der Waals surface area contributed by atoms with Crippen LogP contribution in [0.2, 0.25) is 0 Å². The summed E-state index contributed by atoms with van der Waals surface area (Å²) in [6.45, 7) is 5.48. The lowest BCUT2D eigenvalue weighted by Gasteiger charge is -2.14. The molecule has 2 nitrogen and oxygen atoms in total. The molecular formula is C15H26N2. The maximum Gasteiger partial charge on any atom is 0.00974 e. The van der Waals surface area contributed by atoms with Gasteiger partial charge in [0.2, 0.25) is 0 Å². The van der Waals surface area contributed by atoms with Crippen molar-refractivity contribution in [3.63, 3.8) is 0 Å². The average Bonchev–Trinajstić information content (AvgIpc) is 2.34. The highest BCUT2D eigenvalue weighted by Crippen LogP contribution is 2.24. The fourth-order valence-electron chi connectivity index (χ4n) is 2.33. The summed E-state index contributed by atoms with van der Waals surface area (Å²) >= 11 is 0. The van der Waals surface area contributed by atoms with Gasteiger partial charge >= 0.3 is 0 Å². The van der Waals surface area contributed by atoms with Crippen molar-refractivity contribution in [2.75, 3.05) is 6.54 Å². The van der Waals surface area contributed by atoms with Crippen molar-refractivity contribution < 1.29 is 0 Å². The van der Waals surface area contributed by atoms with E-state index >= 15 is 0 Å². The van der Waals surface area contributed by atoms with Crippen LogP contribution in [0.4, 0.5) is 0 Å². The number of hydrogen-bond donors (Lipinski definition) is 2. The van der Waals surface area contributed by atoms with Gasteiger partial charge in [0.25, 0.3) is 0 Å². The van der Waals surface area contributed by atoms with E-state index in [0.29, 0.717) is 5.92 Å². The van der Waals surface area contributed by atoms with E-state index in [1.807, 2.05) is 0 Å². The Hall–Kier alpha value is -0.860. The van der Waals surface area contributed by atoms with Crippen molar-refractivity contribution in [2.45, 2.75) is 51.9 Å². The molecule has 0 aliphatic carbocycles. The lowest BCUT2D eigenvalue weighted by molar-refractivity contribution is 0.555. The molecule has 1 rings (SSSR count). The minimum atomic E-state index is 0.684. The number of rotatable bonds is 8. The van der Waals surface area contributed by atoms with E-state index in [2.05, 4.69) is 43.5 Å². The van der Waals surface area contributed by atoms with E-state index in [4.69, 9.17) is 5.84 Å². The van der Waals surface area contributed by atoms with E-state index in [1.165, 1.54) is 43.2 Å². The Balaban J connectivity index is 2.21. The van der Waals surface area contributed by atoms with Gasteiger partial charge in [0.05, 0.1) is 0 Å². The van der Waals surface area contributed by atoms with Gasteiger partial charge in [0.1, 0.15) is 0 Å². The first-order valence-electron chi connectivity index (χ1n) is 6.74. The maximum absolute atomic E-state index is 5.23. The van der Waals surface area contributed by atoms with Crippen LogP contribution >= 0.6 is 0 Å². The molecule has 3 N–H and O–H groups in total. The number of hydrogen-bond acceptors (Lipinski definition) is 2. The molecule has 0 fully saturated rings. The van der Waals surface area contributed by atoms with Gasteiger partial charge in [-0.25, -0.2) is 0 Å². The Morgan fingerprint density at radius 1 is 1.12 bits per heavy atom. The molecule has 0 aromatic heterocycles. The molecule has 0 bridgehead atoms. The molecule has 17 heavy (non-hydrogen) atoms. The Morgan fingerprint density at radius 3 is 2.53 bits per heavy atom. The smallest absolute Gasteiger partial charge is 0.00974 e. The lowest BCUT2D eigenvalue weighted by Crippen LogP contribution is -2.22. The second-order valence-electron chi connectivity index (χ2n) is 4.91. The summed E-state index contributed by atoms with van der Waals surface area (Å²) < 4.78 is 0. The van der Waals surface area contributed by atoms with Crippen LogP contribution in [-0.4, -0.2) is 6.54 Å². The van der Waals surface area contributed by atoms with Crippen molar-refractivity contribution in [3.8, 4) is 0 Å². The fourth-order valence-corrected chi connectivity index (χ4v) is 2.33. The van der Waals surface area contributed by atoms with Gasteiger partial charge in [-0.2, -0.15) is 0 Å². The topological polar surface area (TPSA) is 38.0 Å². The fraction of sp³-hybridized carbons (Fsp3) is 0.600. The van der Waals surface area contributed by atoms with Crippen molar-refractivity contribution >= 4 is 0 Å². The summed E-state index contributed by atoms with van der Waals surface area (Å²) in [5, 5.41) is 0. The monoisotopic (exact) mass is 234 g/mol. The number of benzene rings is 1. The minimum absolute atomic E-state index is 0.684. The van der Waals surface area contributed by atoms with Gasteiger partial charge in [0.15, 0.2) is 0 Å². The summed E-state index contributed by atoms with van der Waals surface area (Å²) in [6, 6.07) is 8.73. The van der Waals surface area contributed by atoms with E-state index in [9.17, 15) is 0 Å². The summed E-state index contributed by atoms with van der Waals surface area (Å²) in [5.74, 6) is 5.92. The third kappa shape index (κ3) is 5.33. The molecule has 96 valence electrons. The van der Waals surface area contributed by atoms with Crippen LogP contribution < -0.4 is 11.3 Å². The van der Waals surface area contributed by atoms with Crippen LogP contribution in [0.3, 0.4) is 0 Å². The van der Waals surface area contributed by atoms with Gasteiger partial charge in [-0.05, 0) is 36.8 Å². The highest BCUT2D eigenvalue weighted by atomic mass is 15.2. The van der Waals surface area contributed by atoms with Crippen molar-refractivity contribution in [2.24, 2.45) is 5.84 Å². The molecule has 1 atom stereocenters. The molecule has 0 aliphatic rings. The molecule has 0 amide bonds. The lowest BCUT2D eigenvalue weighted by atomic mass is 9.92. The molecule has 1 aromatic carbocycles. The predicted molar refractivity (Wildman–Crippen MR) is 74.9 cm³/mol. The Labute approximate surface area is 106 Å². The summed E-state index contributed by atoms with van der Waals surface area (Å²) in [6.07, 6.45) is 6.40. The van der Waals surface area contributed by atoms with Gasteiger partial charge in [-0.1, -0.05) is 50.5 Å². The number of aryl methyl sites for hydroxylation is 1. The maximum atomic E-state index is 5.23. The van der Waals surface area contributed by atoms with E-state index < -0.39 is 0 Å². The van der Waals surface area contributed by atoms with E-state index in [1.54, 1.807) is 0 Å². The Kier molecular flexibility index (Phi) is 6.90. The van der Waals surface area contributed by atoms with Crippen LogP contribution in [0.1, 0.15) is 56.1 Å². The van der Waals surface area contributed by atoms with E-state index in [-0.39, 0.29) is 0 Å². The van der Waals surface area contributed by atoms with Crippen LogP contribution in [0.15, 0.2) is 24.3 Å². The molecule has 1 unspecified atom stereocenters. The first-order chi connectivity index (χ1) is 8.25. The highest BCUT2D eigenvalue weighted by Gasteiger charge is 2.06. The Bertz CT molecular complexity index is 310. The summed E-state index contributed by atoms with van der Waals surface area (Å²) in [5.41, 5.74) is 5.63. The normalized spacial score (nSPS) is 12.6.